The van der Waals surface area contributed by atoms with Gasteiger partial charge in [0.2, 0.25) is 11.6 Å². The Labute approximate surface area is 96.4 Å². The van der Waals surface area contributed by atoms with E-state index in [1.165, 1.54) is 12.1 Å². The normalized spacial score (nSPS) is 9.94. The molecule has 0 unspecified atom stereocenters. The van der Waals surface area contributed by atoms with Crippen LogP contribution in [0.4, 0.5) is 10.1 Å². The van der Waals surface area contributed by atoms with Crippen LogP contribution in [-0.4, -0.2) is 4.92 Å². The molecular weight excluding hydrogens is 225 g/mol. The Balaban J connectivity index is 2.40. The summed E-state index contributed by atoms with van der Waals surface area (Å²) in [7, 11) is 0. The number of ether oxygens (including phenoxy) is 1. The second-order valence-electron chi connectivity index (χ2n) is 3.26. The van der Waals surface area contributed by atoms with Crippen LogP contribution in [0.2, 0.25) is 0 Å². The highest BCUT2D eigenvalue weighted by molar-refractivity contribution is 5.49. The largest absolute Gasteiger partial charge is 0.450 e. The average molecular weight is 233 g/mol. The fraction of sp³-hybridized carbons (Fsp3) is 0. The van der Waals surface area contributed by atoms with Crippen molar-refractivity contribution in [3.05, 3.63) is 64.5 Å². The van der Waals surface area contributed by atoms with Gasteiger partial charge in [-0.2, -0.15) is 4.39 Å². The van der Waals surface area contributed by atoms with E-state index in [-0.39, 0.29) is 5.75 Å². The van der Waals surface area contributed by atoms with Crippen molar-refractivity contribution in [2.75, 3.05) is 0 Å². The van der Waals surface area contributed by atoms with Gasteiger partial charge in [0, 0.05) is 0 Å². The van der Waals surface area contributed by atoms with Gasteiger partial charge in [-0.15, -0.1) is 0 Å². The summed E-state index contributed by atoms with van der Waals surface area (Å²) >= 11 is 0. The zero-order chi connectivity index (χ0) is 12.3. The van der Waals surface area contributed by atoms with Crippen LogP contribution in [0.3, 0.4) is 0 Å². The van der Waals surface area contributed by atoms with E-state index < -0.39 is 16.4 Å². The highest BCUT2D eigenvalue weighted by Crippen LogP contribution is 2.32. The molecule has 0 amide bonds. The van der Waals surface area contributed by atoms with Gasteiger partial charge in [0.25, 0.3) is 0 Å². The van der Waals surface area contributed by atoms with Crippen molar-refractivity contribution in [1.29, 1.82) is 0 Å². The predicted octanol–water partition coefficient (Wildman–Crippen LogP) is 3.53. The first kappa shape index (κ1) is 11.1. The minimum atomic E-state index is -0.913. The fourth-order valence-corrected chi connectivity index (χ4v) is 1.37. The molecule has 4 nitrogen and oxygen atoms in total. The fourth-order valence-electron chi connectivity index (χ4n) is 1.37. The molecule has 0 atom stereocenters. The number of halogens is 1. The summed E-state index contributed by atoms with van der Waals surface area (Å²) in [6.45, 7) is 0. The van der Waals surface area contributed by atoms with Crippen LogP contribution in [0.1, 0.15) is 0 Å². The first-order valence-corrected chi connectivity index (χ1v) is 4.84. The summed E-state index contributed by atoms with van der Waals surface area (Å²) in [6, 6.07) is 12.2. The van der Waals surface area contributed by atoms with Gasteiger partial charge >= 0.3 is 5.69 Å². The van der Waals surface area contributed by atoms with Crippen molar-refractivity contribution in [2.45, 2.75) is 0 Å². The van der Waals surface area contributed by atoms with E-state index in [1.807, 2.05) is 0 Å². The molecule has 86 valence electrons. The molecule has 0 fully saturated rings. The Morgan fingerprint density at radius 3 is 2.41 bits per heavy atom. The second-order valence-corrected chi connectivity index (χ2v) is 3.26. The minimum absolute atomic E-state index is 0.110. The monoisotopic (exact) mass is 233 g/mol. The van der Waals surface area contributed by atoms with Crippen LogP contribution < -0.4 is 4.74 Å². The van der Waals surface area contributed by atoms with Crippen LogP contribution in [-0.2, 0) is 0 Å². The van der Waals surface area contributed by atoms with E-state index in [4.69, 9.17) is 4.74 Å². The summed E-state index contributed by atoms with van der Waals surface area (Å²) in [4.78, 5) is 9.92. The molecule has 0 heterocycles. The first-order chi connectivity index (χ1) is 8.18. The van der Waals surface area contributed by atoms with Crippen molar-refractivity contribution in [1.82, 2.24) is 0 Å². The maximum atomic E-state index is 13.3. The molecule has 17 heavy (non-hydrogen) atoms. The van der Waals surface area contributed by atoms with E-state index in [0.717, 1.165) is 6.07 Å². The second kappa shape index (κ2) is 4.61. The maximum Gasteiger partial charge on any atom is 0.346 e. The maximum absolute atomic E-state index is 13.3. The van der Waals surface area contributed by atoms with E-state index in [2.05, 4.69) is 0 Å². The van der Waals surface area contributed by atoms with Gasteiger partial charge in [-0.1, -0.05) is 24.3 Å². The number of nitro groups is 1. The van der Waals surface area contributed by atoms with Crippen molar-refractivity contribution in [3.63, 3.8) is 0 Å². The van der Waals surface area contributed by atoms with Gasteiger partial charge in [0.15, 0.2) is 0 Å². The Kier molecular flexibility index (Phi) is 3.00. The molecule has 0 radical (unpaired) electrons. The Morgan fingerprint density at radius 1 is 1.06 bits per heavy atom. The molecule has 0 aliphatic carbocycles. The van der Waals surface area contributed by atoms with Gasteiger partial charge < -0.3 is 4.74 Å². The molecular formula is C12H8FNO3. The number of hydrogen-bond donors (Lipinski definition) is 0. The Bertz CT molecular complexity index is 543. The van der Waals surface area contributed by atoms with Crippen LogP contribution in [0, 0.1) is 15.9 Å². The Morgan fingerprint density at radius 2 is 1.76 bits per heavy atom. The molecule has 0 saturated heterocycles. The summed E-state index contributed by atoms with van der Waals surface area (Å²) in [5.74, 6) is -0.606. The number of nitrogens with zero attached hydrogens (tertiary/aromatic N) is 1. The van der Waals surface area contributed by atoms with Gasteiger partial charge in [-0.25, -0.2) is 0 Å². The van der Waals surface area contributed by atoms with Crippen molar-refractivity contribution in [2.24, 2.45) is 0 Å². The molecule has 0 bridgehead atoms. The zero-order valence-corrected chi connectivity index (χ0v) is 8.67. The molecule has 0 aliphatic rings. The highest BCUT2D eigenvalue weighted by Gasteiger charge is 2.21. The van der Waals surface area contributed by atoms with Gasteiger partial charge in [-0.05, 0) is 24.3 Å². The lowest BCUT2D eigenvalue weighted by molar-refractivity contribution is -0.388. The molecule has 0 N–H and O–H groups in total. The molecule has 2 aromatic carbocycles. The number of benzene rings is 2. The number of hydrogen-bond acceptors (Lipinski definition) is 3. The highest BCUT2D eigenvalue weighted by atomic mass is 19.1. The Hall–Kier alpha value is -2.43. The first-order valence-electron chi connectivity index (χ1n) is 4.84. The zero-order valence-electron chi connectivity index (χ0n) is 8.67. The van der Waals surface area contributed by atoms with E-state index >= 15 is 0 Å². The van der Waals surface area contributed by atoms with E-state index in [1.54, 1.807) is 30.3 Å². The molecule has 0 aliphatic heterocycles. The molecule has 0 spiro atoms. The van der Waals surface area contributed by atoms with Crippen LogP contribution in [0.5, 0.6) is 11.5 Å². The van der Waals surface area contributed by atoms with Gasteiger partial charge in [0.1, 0.15) is 5.75 Å². The number of rotatable bonds is 3. The smallest absolute Gasteiger partial charge is 0.346 e. The number of para-hydroxylation sites is 2. The molecule has 2 aromatic rings. The van der Waals surface area contributed by atoms with Crippen LogP contribution in [0.25, 0.3) is 0 Å². The molecule has 5 heteroatoms. The molecule has 0 aromatic heterocycles. The SMILES string of the molecule is O=[N+]([O-])c1c(F)cccc1Oc1ccccc1. The average Bonchev–Trinajstić information content (AvgIpc) is 2.30. The van der Waals surface area contributed by atoms with Crippen LogP contribution in [0.15, 0.2) is 48.5 Å². The third kappa shape index (κ3) is 2.39. The summed E-state index contributed by atoms with van der Waals surface area (Å²) < 4.78 is 18.6. The van der Waals surface area contributed by atoms with Gasteiger partial charge in [0.05, 0.1) is 4.92 Å². The minimum Gasteiger partial charge on any atom is -0.450 e. The van der Waals surface area contributed by atoms with E-state index in [0.29, 0.717) is 5.75 Å². The quantitative estimate of drug-likeness (QED) is 0.602. The molecule has 2 rings (SSSR count). The lowest BCUT2D eigenvalue weighted by atomic mass is 10.3. The van der Waals surface area contributed by atoms with Gasteiger partial charge in [-0.3, -0.25) is 10.1 Å². The lowest BCUT2D eigenvalue weighted by Crippen LogP contribution is -1.96. The van der Waals surface area contributed by atoms with E-state index in [9.17, 15) is 14.5 Å². The number of nitro benzene ring substituents is 1. The molecule has 0 saturated carbocycles. The third-order valence-corrected chi connectivity index (χ3v) is 2.10. The summed E-state index contributed by atoms with van der Waals surface area (Å²) in [5, 5.41) is 10.7. The summed E-state index contributed by atoms with van der Waals surface area (Å²) in [6.07, 6.45) is 0. The van der Waals surface area contributed by atoms with Crippen molar-refractivity contribution >= 4 is 5.69 Å². The van der Waals surface area contributed by atoms with Crippen LogP contribution >= 0.6 is 0 Å². The predicted molar refractivity (Wildman–Crippen MR) is 59.6 cm³/mol. The van der Waals surface area contributed by atoms with Crippen molar-refractivity contribution in [3.8, 4) is 11.5 Å². The third-order valence-electron chi connectivity index (χ3n) is 2.10. The topological polar surface area (TPSA) is 52.4 Å². The summed E-state index contributed by atoms with van der Waals surface area (Å²) in [5.41, 5.74) is -0.656. The van der Waals surface area contributed by atoms with Crippen molar-refractivity contribution < 1.29 is 14.1 Å². The lowest BCUT2D eigenvalue weighted by Gasteiger charge is -2.05. The standard InChI is InChI=1S/C12H8FNO3/c13-10-7-4-8-11(12(10)14(15)16)17-9-5-2-1-3-6-9/h1-8H.